The Morgan fingerprint density at radius 1 is 1.67 bits per heavy atom. The fraction of sp³-hybridized carbons (Fsp3) is 0.500. The van der Waals surface area contributed by atoms with E-state index in [-0.39, 0.29) is 13.2 Å². The molecule has 0 aliphatic carbocycles. The number of amides is 1. The van der Waals surface area contributed by atoms with Gasteiger partial charge in [-0.2, -0.15) is 0 Å². The minimum absolute atomic E-state index is 0.0962. The number of nitrogens with zero attached hydrogens (tertiary/aromatic N) is 2. The number of halogens is 2. The van der Waals surface area contributed by atoms with E-state index in [1.807, 2.05) is 0 Å². The molecule has 0 radical (unpaired) electrons. The van der Waals surface area contributed by atoms with Gasteiger partial charge in [-0.05, 0) is 0 Å². The lowest BCUT2D eigenvalue weighted by Gasteiger charge is -2.20. The zero-order chi connectivity index (χ0) is 11.3. The first-order valence-electron chi connectivity index (χ1n) is 4.22. The zero-order valence-electron chi connectivity index (χ0n) is 7.77. The van der Waals surface area contributed by atoms with Crippen LogP contribution in [0.25, 0.3) is 0 Å². The molecule has 0 bridgehead atoms. The molecule has 0 saturated heterocycles. The monoisotopic (exact) mass is 236 g/mol. The summed E-state index contributed by atoms with van der Waals surface area (Å²) in [6.07, 6.45) is -1.28. The van der Waals surface area contributed by atoms with Gasteiger partial charge in [0.15, 0.2) is 0 Å². The molecular formula is C8H10F2N2O2S. The van der Waals surface area contributed by atoms with Gasteiger partial charge in [-0.3, -0.25) is 9.78 Å². The first-order chi connectivity index (χ1) is 7.15. The molecule has 1 rings (SSSR count). The first kappa shape index (κ1) is 12.0. The molecule has 0 atom stereocenters. The van der Waals surface area contributed by atoms with Gasteiger partial charge >= 0.3 is 0 Å². The predicted molar refractivity (Wildman–Crippen MR) is 51.1 cm³/mol. The molecule has 0 aliphatic heterocycles. The van der Waals surface area contributed by atoms with Crippen LogP contribution in [-0.2, 0) is 0 Å². The molecule has 0 aromatic carbocycles. The lowest BCUT2D eigenvalue weighted by atomic mass is 10.4. The summed E-state index contributed by atoms with van der Waals surface area (Å²) in [5, 5.41) is 8.64. The molecule has 0 spiro atoms. The SMILES string of the molecule is O=C(c1cncs1)N(CCO)CC(F)F. The van der Waals surface area contributed by atoms with Crippen molar-refractivity contribution < 1.29 is 18.7 Å². The van der Waals surface area contributed by atoms with E-state index in [1.54, 1.807) is 0 Å². The van der Waals surface area contributed by atoms with Crippen LogP contribution >= 0.6 is 11.3 Å². The number of rotatable bonds is 5. The number of thiazole rings is 1. The average molecular weight is 236 g/mol. The summed E-state index contributed by atoms with van der Waals surface area (Å²) in [5.41, 5.74) is 1.45. The third kappa shape index (κ3) is 3.52. The van der Waals surface area contributed by atoms with E-state index in [9.17, 15) is 13.6 Å². The number of aliphatic hydroxyl groups is 1. The first-order valence-corrected chi connectivity index (χ1v) is 5.10. The van der Waals surface area contributed by atoms with Crippen LogP contribution in [0.5, 0.6) is 0 Å². The largest absolute Gasteiger partial charge is 0.395 e. The number of aromatic nitrogens is 1. The van der Waals surface area contributed by atoms with Gasteiger partial charge in [-0.1, -0.05) is 0 Å². The van der Waals surface area contributed by atoms with Crippen molar-refractivity contribution in [3.8, 4) is 0 Å². The van der Waals surface area contributed by atoms with Crippen LogP contribution in [0, 0.1) is 0 Å². The standard InChI is InChI=1S/C8H10F2N2O2S/c9-7(10)4-12(1-2-13)8(14)6-3-11-5-15-6/h3,5,7,13H,1-2,4H2. The minimum Gasteiger partial charge on any atom is -0.395 e. The fourth-order valence-corrected chi connectivity index (χ4v) is 1.63. The third-order valence-corrected chi connectivity index (χ3v) is 2.42. The normalized spacial score (nSPS) is 10.7. The molecule has 15 heavy (non-hydrogen) atoms. The van der Waals surface area contributed by atoms with E-state index in [0.717, 1.165) is 16.2 Å². The number of aliphatic hydroxyl groups excluding tert-OH is 1. The molecule has 1 aromatic heterocycles. The molecule has 1 aromatic rings. The summed E-state index contributed by atoms with van der Waals surface area (Å²) in [7, 11) is 0. The molecule has 0 aliphatic rings. The van der Waals surface area contributed by atoms with Gasteiger partial charge < -0.3 is 10.0 Å². The highest BCUT2D eigenvalue weighted by Gasteiger charge is 2.20. The number of alkyl halides is 2. The molecule has 84 valence electrons. The Bertz CT molecular complexity index is 306. The Balaban J connectivity index is 2.67. The van der Waals surface area contributed by atoms with Crippen LogP contribution in [0.1, 0.15) is 9.67 Å². The highest BCUT2D eigenvalue weighted by atomic mass is 32.1. The second-order valence-electron chi connectivity index (χ2n) is 2.73. The zero-order valence-corrected chi connectivity index (χ0v) is 8.58. The lowest BCUT2D eigenvalue weighted by molar-refractivity contribution is 0.0513. The Morgan fingerprint density at radius 3 is 2.87 bits per heavy atom. The van der Waals surface area contributed by atoms with Crippen LogP contribution in [-0.4, -0.2) is 47.0 Å². The van der Waals surface area contributed by atoms with Crippen molar-refractivity contribution in [3.63, 3.8) is 0 Å². The van der Waals surface area contributed by atoms with Crippen LogP contribution in [0.15, 0.2) is 11.7 Å². The van der Waals surface area contributed by atoms with E-state index in [2.05, 4.69) is 4.98 Å². The Labute approximate surface area is 89.2 Å². The van der Waals surface area contributed by atoms with Crippen molar-refractivity contribution in [1.82, 2.24) is 9.88 Å². The molecule has 1 heterocycles. The van der Waals surface area contributed by atoms with Gasteiger partial charge in [0.05, 0.1) is 24.9 Å². The summed E-state index contributed by atoms with van der Waals surface area (Å²) in [6, 6.07) is 0. The Hall–Kier alpha value is -1.08. The summed E-state index contributed by atoms with van der Waals surface area (Å²) in [4.78, 5) is 16.5. The molecule has 0 unspecified atom stereocenters. The van der Waals surface area contributed by atoms with Crippen LogP contribution in [0.3, 0.4) is 0 Å². The van der Waals surface area contributed by atoms with E-state index >= 15 is 0 Å². The summed E-state index contributed by atoms with van der Waals surface area (Å²) in [5.74, 6) is -0.521. The van der Waals surface area contributed by atoms with Crippen molar-refractivity contribution in [1.29, 1.82) is 0 Å². The average Bonchev–Trinajstić information content (AvgIpc) is 2.68. The minimum atomic E-state index is -2.60. The second kappa shape index (κ2) is 5.72. The third-order valence-electron chi connectivity index (χ3n) is 1.66. The maximum Gasteiger partial charge on any atom is 0.265 e. The quantitative estimate of drug-likeness (QED) is 0.824. The molecule has 7 heteroatoms. The van der Waals surface area contributed by atoms with Gasteiger partial charge in [0.25, 0.3) is 12.3 Å². The van der Waals surface area contributed by atoms with E-state index in [4.69, 9.17) is 5.11 Å². The number of hydrogen-bond acceptors (Lipinski definition) is 4. The van der Waals surface area contributed by atoms with Crippen molar-refractivity contribution >= 4 is 17.2 Å². The number of carbonyl (C=O) groups excluding carboxylic acids is 1. The molecular weight excluding hydrogens is 226 g/mol. The maximum atomic E-state index is 12.1. The molecule has 1 amide bonds. The fourth-order valence-electron chi connectivity index (χ4n) is 1.04. The maximum absolute atomic E-state index is 12.1. The lowest BCUT2D eigenvalue weighted by Crippen LogP contribution is -2.36. The smallest absolute Gasteiger partial charge is 0.265 e. The number of hydrogen-bond donors (Lipinski definition) is 1. The molecule has 0 saturated carbocycles. The summed E-state index contributed by atoms with van der Waals surface area (Å²) in [6.45, 7) is -1.10. The highest BCUT2D eigenvalue weighted by Crippen LogP contribution is 2.10. The predicted octanol–water partition coefficient (Wildman–Crippen LogP) is 0.843. The van der Waals surface area contributed by atoms with Gasteiger partial charge in [0, 0.05) is 6.54 Å². The summed E-state index contributed by atoms with van der Waals surface area (Å²) < 4.78 is 24.2. The van der Waals surface area contributed by atoms with E-state index in [1.165, 1.54) is 11.7 Å². The van der Waals surface area contributed by atoms with Gasteiger partial charge in [-0.15, -0.1) is 11.3 Å². The molecule has 0 fully saturated rings. The van der Waals surface area contributed by atoms with Crippen molar-refractivity contribution in [3.05, 3.63) is 16.6 Å². The van der Waals surface area contributed by atoms with Crippen LogP contribution < -0.4 is 0 Å². The van der Waals surface area contributed by atoms with Crippen molar-refractivity contribution in [2.24, 2.45) is 0 Å². The summed E-state index contributed by atoms with van der Waals surface area (Å²) >= 11 is 1.08. The topological polar surface area (TPSA) is 53.4 Å². The Morgan fingerprint density at radius 2 is 2.40 bits per heavy atom. The van der Waals surface area contributed by atoms with Crippen LogP contribution in [0.4, 0.5) is 8.78 Å². The van der Waals surface area contributed by atoms with Gasteiger partial charge in [-0.25, -0.2) is 8.78 Å². The molecule has 1 N–H and O–H groups in total. The van der Waals surface area contributed by atoms with Crippen molar-refractivity contribution in [2.45, 2.75) is 6.43 Å². The second-order valence-corrected chi connectivity index (χ2v) is 3.62. The highest BCUT2D eigenvalue weighted by molar-refractivity contribution is 7.11. The van der Waals surface area contributed by atoms with Crippen LogP contribution in [0.2, 0.25) is 0 Å². The number of carbonyl (C=O) groups is 1. The van der Waals surface area contributed by atoms with E-state index < -0.39 is 18.9 Å². The van der Waals surface area contributed by atoms with Crippen molar-refractivity contribution in [2.75, 3.05) is 19.7 Å². The van der Waals surface area contributed by atoms with Gasteiger partial charge in [0.1, 0.15) is 4.88 Å². The van der Waals surface area contributed by atoms with E-state index in [0.29, 0.717) is 4.88 Å². The van der Waals surface area contributed by atoms with Gasteiger partial charge in [0.2, 0.25) is 0 Å². The Kier molecular flexibility index (Phi) is 4.57. The molecule has 4 nitrogen and oxygen atoms in total.